The third-order valence-corrected chi connectivity index (χ3v) is 2.14. The number of carboxylic acid groups (broad SMARTS) is 1. The molecule has 0 aliphatic rings. The third kappa shape index (κ3) is 2.80. The number of rotatable bonds is 3. The largest absolute Gasteiger partial charge is 0.478 e. The zero-order valence-corrected chi connectivity index (χ0v) is 9.15. The first-order chi connectivity index (χ1) is 7.41. The van der Waals surface area contributed by atoms with Gasteiger partial charge in [0.2, 0.25) is 5.91 Å². The van der Waals surface area contributed by atoms with Crippen LogP contribution in [0.25, 0.3) is 0 Å². The molecule has 0 saturated carbocycles. The average Bonchev–Trinajstić information content (AvgIpc) is 2.20. The fraction of sp³-hybridized carbons (Fsp3) is 0.273. The topological polar surface area (TPSA) is 92.4 Å². The minimum absolute atomic E-state index is 0.191. The number of nitrogens with one attached hydrogen (secondary N) is 1. The molecule has 5 nitrogen and oxygen atoms in total. The van der Waals surface area contributed by atoms with E-state index >= 15 is 0 Å². The molecule has 0 aromatic heterocycles. The first-order valence-electron chi connectivity index (χ1n) is 4.82. The number of nitrogens with two attached hydrogens (primary N) is 1. The van der Waals surface area contributed by atoms with Crippen molar-refractivity contribution in [3.8, 4) is 0 Å². The lowest BCUT2D eigenvalue weighted by atomic mass is 10.1. The van der Waals surface area contributed by atoms with Crippen molar-refractivity contribution in [3.05, 3.63) is 29.3 Å². The fourth-order valence-electron chi connectivity index (χ4n) is 1.18. The predicted octanol–water partition coefficient (Wildman–Crippen LogP) is 0.979. The maximum absolute atomic E-state index is 11.3. The molecule has 1 rings (SSSR count). The summed E-state index contributed by atoms with van der Waals surface area (Å²) < 4.78 is 0. The normalized spacial score (nSPS) is 11.9. The van der Waals surface area contributed by atoms with Gasteiger partial charge in [-0.15, -0.1) is 0 Å². The second-order valence-corrected chi connectivity index (χ2v) is 3.61. The summed E-state index contributed by atoms with van der Waals surface area (Å²) in [4.78, 5) is 22.0. The van der Waals surface area contributed by atoms with Crippen LogP contribution in [0.15, 0.2) is 18.2 Å². The highest BCUT2D eigenvalue weighted by atomic mass is 16.4. The standard InChI is InChI=1S/C11H14N2O3/c1-6-5-8(11(15)16)3-4-9(6)13-10(14)7(2)12/h3-5,7H,12H2,1-2H3,(H,13,14)(H,15,16)/t7-/m1/s1. The minimum atomic E-state index is -0.992. The summed E-state index contributed by atoms with van der Waals surface area (Å²) >= 11 is 0. The van der Waals surface area contributed by atoms with Crippen LogP contribution in [-0.4, -0.2) is 23.0 Å². The molecule has 0 saturated heterocycles. The van der Waals surface area contributed by atoms with Crippen molar-refractivity contribution >= 4 is 17.6 Å². The summed E-state index contributed by atoms with van der Waals surface area (Å²) in [5.41, 5.74) is 6.86. The van der Waals surface area contributed by atoms with Crippen molar-refractivity contribution < 1.29 is 14.7 Å². The summed E-state index contributed by atoms with van der Waals surface area (Å²) in [6.45, 7) is 3.31. The summed E-state index contributed by atoms with van der Waals surface area (Å²) in [6, 6.07) is 3.89. The van der Waals surface area contributed by atoms with Gasteiger partial charge in [-0.2, -0.15) is 0 Å². The first-order valence-corrected chi connectivity index (χ1v) is 4.82. The van der Waals surface area contributed by atoms with Gasteiger partial charge < -0.3 is 16.2 Å². The van der Waals surface area contributed by atoms with E-state index in [9.17, 15) is 9.59 Å². The van der Waals surface area contributed by atoms with Gasteiger partial charge in [0, 0.05) is 5.69 Å². The molecule has 5 heteroatoms. The molecule has 0 bridgehead atoms. The number of hydrogen-bond donors (Lipinski definition) is 3. The molecule has 1 aromatic rings. The fourth-order valence-corrected chi connectivity index (χ4v) is 1.18. The van der Waals surface area contributed by atoms with E-state index in [1.165, 1.54) is 12.1 Å². The van der Waals surface area contributed by atoms with E-state index in [1.807, 2.05) is 0 Å². The molecule has 0 aliphatic heterocycles. The monoisotopic (exact) mass is 222 g/mol. The zero-order valence-electron chi connectivity index (χ0n) is 9.15. The van der Waals surface area contributed by atoms with Crippen molar-refractivity contribution in [1.29, 1.82) is 0 Å². The summed E-state index contributed by atoms with van der Waals surface area (Å²) in [5.74, 6) is -1.29. The molecule has 0 spiro atoms. The Balaban J connectivity index is 2.91. The van der Waals surface area contributed by atoms with Gasteiger partial charge in [-0.25, -0.2) is 4.79 Å². The number of benzene rings is 1. The summed E-state index contributed by atoms with van der Waals surface area (Å²) in [6.07, 6.45) is 0. The molecule has 0 fully saturated rings. The van der Waals surface area contributed by atoms with E-state index in [2.05, 4.69) is 5.32 Å². The Kier molecular flexibility index (Phi) is 3.63. The smallest absolute Gasteiger partial charge is 0.335 e. The molecular formula is C11H14N2O3. The maximum atomic E-state index is 11.3. The van der Waals surface area contributed by atoms with E-state index in [4.69, 9.17) is 10.8 Å². The van der Waals surface area contributed by atoms with Gasteiger partial charge in [0.05, 0.1) is 11.6 Å². The van der Waals surface area contributed by atoms with E-state index in [0.29, 0.717) is 11.3 Å². The Morgan fingerprint density at radius 1 is 1.44 bits per heavy atom. The lowest BCUT2D eigenvalue weighted by Crippen LogP contribution is -2.32. The molecule has 0 aliphatic carbocycles. The lowest BCUT2D eigenvalue weighted by molar-refractivity contribution is -0.117. The van der Waals surface area contributed by atoms with E-state index in [0.717, 1.165) is 0 Å². The molecule has 1 atom stereocenters. The highest BCUT2D eigenvalue weighted by molar-refractivity contribution is 5.96. The Bertz CT molecular complexity index is 427. The van der Waals surface area contributed by atoms with Gasteiger partial charge in [0.25, 0.3) is 0 Å². The van der Waals surface area contributed by atoms with Gasteiger partial charge in [-0.1, -0.05) is 0 Å². The molecule has 4 N–H and O–H groups in total. The van der Waals surface area contributed by atoms with Crippen molar-refractivity contribution in [2.24, 2.45) is 5.73 Å². The third-order valence-electron chi connectivity index (χ3n) is 2.14. The zero-order chi connectivity index (χ0) is 12.3. The van der Waals surface area contributed by atoms with E-state index in [1.54, 1.807) is 19.9 Å². The van der Waals surface area contributed by atoms with Crippen LogP contribution >= 0.6 is 0 Å². The second-order valence-electron chi connectivity index (χ2n) is 3.61. The highest BCUT2D eigenvalue weighted by Crippen LogP contribution is 2.16. The molecule has 0 heterocycles. The van der Waals surface area contributed by atoms with Crippen LogP contribution in [0.3, 0.4) is 0 Å². The SMILES string of the molecule is Cc1cc(C(=O)O)ccc1NC(=O)[C@@H](C)N. The van der Waals surface area contributed by atoms with Gasteiger partial charge in [0.1, 0.15) is 0 Å². The number of aryl methyl sites for hydroxylation is 1. The van der Waals surface area contributed by atoms with Crippen LogP contribution in [0.4, 0.5) is 5.69 Å². The number of carbonyl (C=O) groups is 2. The van der Waals surface area contributed by atoms with Crippen LogP contribution < -0.4 is 11.1 Å². The number of hydrogen-bond acceptors (Lipinski definition) is 3. The number of aromatic carboxylic acids is 1. The number of carboxylic acids is 1. The molecule has 1 amide bonds. The number of amides is 1. The Hall–Kier alpha value is -1.88. The Morgan fingerprint density at radius 2 is 2.06 bits per heavy atom. The summed E-state index contributed by atoms with van der Waals surface area (Å²) in [7, 11) is 0. The van der Waals surface area contributed by atoms with Crippen LogP contribution in [0.2, 0.25) is 0 Å². The maximum Gasteiger partial charge on any atom is 0.335 e. The molecule has 16 heavy (non-hydrogen) atoms. The highest BCUT2D eigenvalue weighted by Gasteiger charge is 2.10. The van der Waals surface area contributed by atoms with Crippen LogP contribution in [0, 0.1) is 6.92 Å². The first kappa shape index (κ1) is 12.2. The van der Waals surface area contributed by atoms with Crippen LogP contribution in [0.1, 0.15) is 22.8 Å². The minimum Gasteiger partial charge on any atom is -0.478 e. The van der Waals surface area contributed by atoms with E-state index < -0.39 is 12.0 Å². The van der Waals surface area contributed by atoms with E-state index in [-0.39, 0.29) is 11.5 Å². The summed E-state index contributed by atoms with van der Waals surface area (Å²) in [5, 5.41) is 11.4. The number of carbonyl (C=O) groups excluding carboxylic acids is 1. The Labute approximate surface area is 93.3 Å². The lowest BCUT2D eigenvalue weighted by Gasteiger charge is -2.10. The van der Waals surface area contributed by atoms with Crippen molar-refractivity contribution in [1.82, 2.24) is 0 Å². The van der Waals surface area contributed by atoms with Crippen molar-refractivity contribution in [2.75, 3.05) is 5.32 Å². The quantitative estimate of drug-likeness (QED) is 0.710. The molecule has 1 aromatic carbocycles. The van der Waals surface area contributed by atoms with Gasteiger partial charge in [-0.05, 0) is 37.6 Å². The molecule has 0 radical (unpaired) electrons. The van der Waals surface area contributed by atoms with Gasteiger partial charge >= 0.3 is 5.97 Å². The molecule has 0 unspecified atom stereocenters. The van der Waals surface area contributed by atoms with Gasteiger partial charge in [0.15, 0.2) is 0 Å². The van der Waals surface area contributed by atoms with Crippen molar-refractivity contribution in [3.63, 3.8) is 0 Å². The Morgan fingerprint density at radius 3 is 2.50 bits per heavy atom. The second kappa shape index (κ2) is 4.76. The van der Waals surface area contributed by atoms with Gasteiger partial charge in [-0.3, -0.25) is 4.79 Å². The molecular weight excluding hydrogens is 208 g/mol. The predicted molar refractivity (Wildman–Crippen MR) is 60.4 cm³/mol. The van der Waals surface area contributed by atoms with Crippen LogP contribution in [0.5, 0.6) is 0 Å². The molecule has 86 valence electrons. The average molecular weight is 222 g/mol. The van der Waals surface area contributed by atoms with Crippen LogP contribution in [-0.2, 0) is 4.79 Å². The number of anilines is 1. The van der Waals surface area contributed by atoms with Crippen molar-refractivity contribution in [2.45, 2.75) is 19.9 Å².